The van der Waals surface area contributed by atoms with Crippen LogP contribution < -0.4 is 4.90 Å². The first-order valence-electron chi connectivity index (χ1n) is 12.2. The summed E-state index contributed by atoms with van der Waals surface area (Å²) in [6.07, 6.45) is 0. The van der Waals surface area contributed by atoms with Crippen molar-refractivity contribution < 1.29 is 0 Å². The predicted octanol–water partition coefficient (Wildman–Crippen LogP) is 10.3. The molecule has 0 unspecified atom stereocenters. The second-order valence-electron chi connectivity index (χ2n) is 9.03. The Bertz CT molecular complexity index is 1830. The third-order valence-corrected chi connectivity index (χ3v) is 7.95. The molecule has 6 aromatic carbocycles. The van der Waals surface area contributed by atoms with Gasteiger partial charge in [0.2, 0.25) is 0 Å². The highest BCUT2D eigenvalue weighted by Gasteiger charge is 2.16. The van der Waals surface area contributed by atoms with Crippen LogP contribution in [0.4, 0.5) is 17.1 Å². The van der Waals surface area contributed by atoms with Crippen LogP contribution in [0, 0.1) is 0 Å². The minimum absolute atomic E-state index is 1.15. The molecule has 0 saturated carbocycles. The average molecular weight is 478 g/mol. The maximum atomic E-state index is 2.36. The third kappa shape index (κ3) is 3.55. The summed E-state index contributed by atoms with van der Waals surface area (Å²) in [4.78, 5) is 2.36. The highest BCUT2D eigenvalue weighted by Crippen LogP contribution is 2.43. The number of hydrogen-bond donors (Lipinski definition) is 0. The summed E-state index contributed by atoms with van der Waals surface area (Å²) in [5, 5.41) is 5.29. The zero-order valence-electron chi connectivity index (χ0n) is 19.6. The molecule has 1 heterocycles. The predicted molar refractivity (Wildman–Crippen MR) is 157 cm³/mol. The van der Waals surface area contributed by atoms with E-state index in [-0.39, 0.29) is 0 Å². The molecule has 1 aromatic heterocycles. The van der Waals surface area contributed by atoms with Crippen molar-refractivity contribution in [1.82, 2.24) is 0 Å². The lowest BCUT2D eigenvalue weighted by molar-refractivity contribution is 1.29. The van der Waals surface area contributed by atoms with Gasteiger partial charge in [0.15, 0.2) is 0 Å². The molecular formula is C34H23NS. The first-order valence-corrected chi connectivity index (χ1v) is 13.0. The van der Waals surface area contributed by atoms with Gasteiger partial charge in [0.1, 0.15) is 0 Å². The fraction of sp³-hybridized carbons (Fsp3) is 0. The molecular weight excluding hydrogens is 454 g/mol. The Morgan fingerprint density at radius 1 is 0.417 bits per heavy atom. The number of nitrogens with zero attached hydrogens (tertiary/aromatic N) is 1. The number of hydrogen-bond acceptors (Lipinski definition) is 2. The van der Waals surface area contributed by atoms with Crippen LogP contribution in [0.15, 0.2) is 140 Å². The van der Waals surface area contributed by atoms with Gasteiger partial charge in [0, 0.05) is 37.2 Å². The van der Waals surface area contributed by atoms with Crippen molar-refractivity contribution in [1.29, 1.82) is 0 Å². The molecule has 0 amide bonds. The molecule has 170 valence electrons. The first kappa shape index (κ1) is 20.9. The fourth-order valence-electron chi connectivity index (χ4n) is 5.15. The highest BCUT2D eigenvalue weighted by molar-refractivity contribution is 7.26. The van der Waals surface area contributed by atoms with E-state index in [1.807, 2.05) is 11.3 Å². The number of benzene rings is 6. The fourth-order valence-corrected chi connectivity index (χ4v) is 6.31. The molecule has 0 N–H and O–H groups in total. The normalized spacial score (nSPS) is 11.3. The summed E-state index contributed by atoms with van der Waals surface area (Å²) in [6, 6.07) is 50.1. The standard InChI is InChI=1S/C34H23NS/c1-3-10-24(11-4-1)26-13-9-16-28(22-26)35(27-14-5-2-6-15-27)29-19-20-31-33(23-29)36-32-21-18-25-12-7-8-17-30(25)34(31)32/h1-23H. The van der Waals surface area contributed by atoms with E-state index >= 15 is 0 Å². The molecule has 0 radical (unpaired) electrons. The quantitative estimate of drug-likeness (QED) is 0.244. The molecule has 0 saturated heterocycles. The Morgan fingerprint density at radius 3 is 1.97 bits per heavy atom. The van der Waals surface area contributed by atoms with Gasteiger partial charge in [-0.05, 0) is 64.4 Å². The Balaban J connectivity index is 1.42. The van der Waals surface area contributed by atoms with E-state index in [1.165, 1.54) is 42.1 Å². The lowest BCUT2D eigenvalue weighted by Crippen LogP contribution is -2.09. The van der Waals surface area contributed by atoms with Gasteiger partial charge >= 0.3 is 0 Å². The van der Waals surface area contributed by atoms with E-state index in [1.54, 1.807) is 0 Å². The van der Waals surface area contributed by atoms with Gasteiger partial charge in [0.25, 0.3) is 0 Å². The van der Waals surface area contributed by atoms with Gasteiger partial charge < -0.3 is 4.90 Å². The van der Waals surface area contributed by atoms with Crippen molar-refractivity contribution in [3.63, 3.8) is 0 Å². The molecule has 0 atom stereocenters. The van der Waals surface area contributed by atoms with Crippen LogP contribution in [0.25, 0.3) is 42.1 Å². The van der Waals surface area contributed by atoms with Crippen LogP contribution in [0.1, 0.15) is 0 Å². The second-order valence-corrected chi connectivity index (χ2v) is 10.1. The van der Waals surface area contributed by atoms with Crippen molar-refractivity contribution in [2.75, 3.05) is 4.90 Å². The van der Waals surface area contributed by atoms with Crippen molar-refractivity contribution in [2.24, 2.45) is 0 Å². The van der Waals surface area contributed by atoms with Gasteiger partial charge in [-0.2, -0.15) is 0 Å². The average Bonchev–Trinajstić information content (AvgIpc) is 3.33. The molecule has 0 aliphatic heterocycles. The van der Waals surface area contributed by atoms with Crippen molar-refractivity contribution in [3.8, 4) is 11.1 Å². The lowest BCUT2D eigenvalue weighted by Gasteiger charge is -2.26. The molecule has 0 spiro atoms. The zero-order chi connectivity index (χ0) is 23.9. The monoisotopic (exact) mass is 477 g/mol. The maximum Gasteiger partial charge on any atom is 0.0476 e. The molecule has 7 rings (SSSR count). The van der Waals surface area contributed by atoms with Crippen LogP contribution in [0.5, 0.6) is 0 Å². The van der Waals surface area contributed by atoms with Crippen LogP contribution in [-0.4, -0.2) is 0 Å². The second kappa shape index (κ2) is 8.67. The summed E-state index contributed by atoms with van der Waals surface area (Å²) in [6.45, 7) is 0. The molecule has 7 aromatic rings. The minimum Gasteiger partial charge on any atom is -0.310 e. The summed E-state index contributed by atoms with van der Waals surface area (Å²) < 4.78 is 2.64. The van der Waals surface area contributed by atoms with E-state index in [9.17, 15) is 0 Å². The van der Waals surface area contributed by atoms with E-state index in [0.717, 1.165) is 17.1 Å². The minimum atomic E-state index is 1.15. The Morgan fingerprint density at radius 2 is 1.11 bits per heavy atom. The molecule has 36 heavy (non-hydrogen) atoms. The molecule has 0 aliphatic rings. The Labute approximate surface area is 214 Å². The van der Waals surface area contributed by atoms with E-state index in [4.69, 9.17) is 0 Å². The molecule has 1 nitrogen and oxygen atoms in total. The van der Waals surface area contributed by atoms with Crippen molar-refractivity contribution in [2.45, 2.75) is 0 Å². The topological polar surface area (TPSA) is 3.24 Å². The third-order valence-electron chi connectivity index (χ3n) is 6.83. The smallest absolute Gasteiger partial charge is 0.0476 e. The summed E-state index contributed by atoms with van der Waals surface area (Å²) >= 11 is 1.87. The zero-order valence-corrected chi connectivity index (χ0v) is 20.5. The SMILES string of the molecule is c1ccc(-c2cccc(N(c3ccccc3)c3ccc4c(c3)sc3ccc5ccccc5c34)c2)cc1. The van der Waals surface area contributed by atoms with Gasteiger partial charge in [-0.15, -0.1) is 11.3 Å². The van der Waals surface area contributed by atoms with Gasteiger partial charge in [-0.25, -0.2) is 0 Å². The number of thiophene rings is 1. The number of rotatable bonds is 4. The number of fused-ring (bicyclic) bond motifs is 5. The summed E-state index contributed by atoms with van der Waals surface area (Å²) in [5.74, 6) is 0. The number of para-hydroxylation sites is 1. The molecule has 0 aliphatic carbocycles. The Kier molecular flexibility index (Phi) is 5.04. The highest BCUT2D eigenvalue weighted by atomic mass is 32.1. The Hall–Kier alpha value is -4.40. The maximum absolute atomic E-state index is 2.36. The van der Waals surface area contributed by atoms with E-state index in [0.29, 0.717) is 0 Å². The van der Waals surface area contributed by atoms with E-state index < -0.39 is 0 Å². The molecule has 2 heteroatoms. The van der Waals surface area contributed by atoms with Crippen molar-refractivity contribution >= 4 is 59.3 Å². The first-order chi connectivity index (χ1) is 17.8. The summed E-state index contributed by atoms with van der Waals surface area (Å²) in [5.41, 5.74) is 5.89. The lowest BCUT2D eigenvalue weighted by atomic mass is 10.0. The number of anilines is 3. The van der Waals surface area contributed by atoms with Crippen LogP contribution >= 0.6 is 11.3 Å². The van der Waals surface area contributed by atoms with Crippen molar-refractivity contribution in [3.05, 3.63) is 140 Å². The van der Waals surface area contributed by atoms with Crippen LogP contribution in [0.2, 0.25) is 0 Å². The van der Waals surface area contributed by atoms with Gasteiger partial charge in [-0.1, -0.05) is 97.1 Å². The largest absolute Gasteiger partial charge is 0.310 e. The molecule has 0 bridgehead atoms. The van der Waals surface area contributed by atoms with Gasteiger partial charge in [0.05, 0.1) is 0 Å². The van der Waals surface area contributed by atoms with Gasteiger partial charge in [-0.3, -0.25) is 0 Å². The van der Waals surface area contributed by atoms with Crippen LogP contribution in [0.3, 0.4) is 0 Å². The summed E-state index contributed by atoms with van der Waals surface area (Å²) in [7, 11) is 0. The van der Waals surface area contributed by atoms with Crippen LogP contribution in [-0.2, 0) is 0 Å². The molecule has 0 fully saturated rings. The van der Waals surface area contributed by atoms with E-state index in [2.05, 4.69) is 144 Å².